The lowest BCUT2D eigenvalue weighted by atomic mass is 10.1. The number of carboxylic acids is 1. The van der Waals surface area contributed by atoms with E-state index in [0.29, 0.717) is 0 Å². The second kappa shape index (κ2) is 7.63. The van der Waals surface area contributed by atoms with Crippen molar-refractivity contribution in [2.75, 3.05) is 13.6 Å². The van der Waals surface area contributed by atoms with Gasteiger partial charge in [-0.1, -0.05) is 0 Å². The summed E-state index contributed by atoms with van der Waals surface area (Å²) in [7, 11) is 1.50. The summed E-state index contributed by atoms with van der Waals surface area (Å²) in [6.45, 7) is 0.194. The Morgan fingerprint density at radius 1 is 1.31 bits per heavy atom. The summed E-state index contributed by atoms with van der Waals surface area (Å²) in [4.78, 5) is 32.3. The number of carbonyl (C=O) groups excluding carboxylic acids is 2. The van der Waals surface area contributed by atoms with Crippen molar-refractivity contribution in [3.63, 3.8) is 0 Å². The van der Waals surface area contributed by atoms with Crippen LogP contribution in [0.3, 0.4) is 0 Å². The van der Waals surface area contributed by atoms with Crippen molar-refractivity contribution in [1.29, 1.82) is 0 Å². The van der Waals surface area contributed by atoms with Crippen LogP contribution in [0, 0.1) is 0 Å². The standard InChI is InChI=1S/C9H17N3O4/c1-11-7(13)4-5-12-9(16)6(10)2-3-8(14)15/h6H,2-5,10H2,1H3,(H,11,13)(H,12,16)(H,14,15). The molecule has 0 rings (SSSR count). The van der Waals surface area contributed by atoms with E-state index >= 15 is 0 Å². The van der Waals surface area contributed by atoms with Crippen LogP contribution in [0.25, 0.3) is 0 Å². The van der Waals surface area contributed by atoms with Gasteiger partial charge in [0.2, 0.25) is 11.8 Å². The van der Waals surface area contributed by atoms with Crippen LogP contribution in [-0.2, 0) is 14.4 Å². The number of nitrogens with one attached hydrogen (secondary N) is 2. The molecule has 1 atom stereocenters. The Labute approximate surface area is 93.4 Å². The topological polar surface area (TPSA) is 122 Å². The smallest absolute Gasteiger partial charge is 0.303 e. The second-order valence-electron chi connectivity index (χ2n) is 3.25. The number of nitrogens with two attached hydrogens (primary N) is 1. The largest absolute Gasteiger partial charge is 0.481 e. The lowest BCUT2D eigenvalue weighted by Gasteiger charge is -2.10. The highest BCUT2D eigenvalue weighted by atomic mass is 16.4. The Balaban J connectivity index is 3.71. The first-order valence-electron chi connectivity index (χ1n) is 4.93. The van der Waals surface area contributed by atoms with Crippen molar-refractivity contribution >= 4 is 17.8 Å². The molecule has 0 radical (unpaired) electrons. The van der Waals surface area contributed by atoms with E-state index in [1.165, 1.54) is 7.05 Å². The molecule has 0 fully saturated rings. The van der Waals surface area contributed by atoms with E-state index in [4.69, 9.17) is 10.8 Å². The summed E-state index contributed by atoms with van der Waals surface area (Å²) in [6, 6.07) is -0.846. The van der Waals surface area contributed by atoms with E-state index < -0.39 is 17.9 Å². The van der Waals surface area contributed by atoms with Crippen LogP contribution < -0.4 is 16.4 Å². The minimum Gasteiger partial charge on any atom is -0.481 e. The van der Waals surface area contributed by atoms with Crippen molar-refractivity contribution in [2.45, 2.75) is 25.3 Å². The van der Waals surface area contributed by atoms with Gasteiger partial charge in [-0.3, -0.25) is 14.4 Å². The first-order chi connectivity index (χ1) is 7.47. The van der Waals surface area contributed by atoms with Gasteiger partial charge in [-0.25, -0.2) is 0 Å². The number of carbonyl (C=O) groups is 3. The Morgan fingerprint density at radius 2 is 1.94 bits per heavy atom. The van der Waals surface area contributed by atoms with Crippen LogP contribution in [0.1, 0.15) is 19.3 Å². The lowest BCUT2D eigenvalue weighted by molar-refractivity contribution is -0.137. The normalized spacial score (nSPS) is 11.6. The molecule has 2 amide bonds. The number of rotatable bonds is 7. The van der Waals surface area contributed by atoms with Gasteiger partial charge in [0.1, 0.15) is 0 Å². The van der Waals surface area contributed by atoms with Gasteiger partial charge in [0, 0.05) is 26.4 Å². The minimum absolute atomic E-state index is 0.0845. The van der Waals surface area contributed by atoms with Crippen molar-refractivity contribution in [3.05, 3.63) is 0 Å². The number of amides is 2. The van der Waals surface area contributed by atoms with Crippen LogP contribution >= 0.6 is 0 Å². The molecule has 0 aliphatic carbocycles. The molecule has 1 unspecified atom stereocenters. The molecule has 7 nitrogen and oxygen atoms in total. The molecule has 0 aliphatic heterocycles. The zero-order valence-corrected chi connectivity index (χ0v) is 9.16. The van der Waals surface area contributed by atoms with Gasteiger partial charge in [0.15, 0.2) is 0 Å². The molecule has 0 bridgehead atoms. The molecular formula is C9H17N3O4. The summed E-state index contributed by atoms with van der Waals surface area (Å²) in [5.41, 5.74) is 5.44. The number of hydrogen-bond acceptors (Lipinski definition) is 4. The van der Waals surface area contributed by atoms with Gasteiger partial charge in [0.25, 0.3) is 0 Å². The number of hydrogen-bond donors (Lipinski definition) is 4. The zero-order chi connectivity index (χ0) is 12.6. The highest BCUT2D eigenvalue weighted by molar-refractivity contribution is 5.83. The van der Waals surface area contributed by atoms with Gasteiger partial charge in [-0.05, 0) is 6.42 Å². The maximum atomic E-state index is 11.3. The minimum atomic E-state index is -0.992. The first-order valence-corrected chi connectivity index (χ1v) is 4.93. The maximum absolute atomic E-state index is 11.3. The summed E-state index contributed by atoms with van der Waals surface area (Å²) in [6.07, 6.45) is 0.110. The van der Waals surface area contributed by atoms with E-state index in [1.807, 2.05) is 0 Å². The summed E-state index contributed by atoms with van der Waals surface area (Å²) in [5.74, 6) is -1.61. The third-order valence-corrected chi connectivity index (χ3v) is 1.94. The predicted octanol–water partition coefficient (Wildman–Crippen LogP) is -1.57. The Morgan fingerprint density at radius 3 is 2.44 bits per heavy atom. The van der Waals surface area contributed by atoms with E-state index in [-0.39, 0.29) is 31.7 Å². The third kappa shape index (κ3) is 6.77. The quantitative estimate of drug-likeness (QED) is 0.422. The summed E-state index contributed by atoms with van der Waals surface area (Å²) < 4.78 is 0. The predicted molar refractivity (Wildman–Crippen MR) is 56.5 cm³/mol. The van der Waals surface area contributed by atoms with Crippen molar-refractivity contribution in [2.24, 2.45) is 5.73 Å². The number of carboxylic acid groups (broad SMARTS) is 1. The number of aliphatic carboxylic acids is 1. The Hall–Kier alpha value is -1.63. The van der Waals surface area contributed by atoms with Gasteiger partial charge in [-0.2, -0.15) is 0 Å². The molecule has 0 aromatic heterocycles. The van der Waals surface area contributed by atoms with E-state index in [2.05, 4.69) is 10.6 Å². The fourth-order valence-electron chi connectivity index (χ4n) is 0.965. The second-order valence-corrected chi connectivity index (χ2v) is 3.25. The molecule has 0 aliphatic rings. The average molecular weight is 231 g/mol. The molecule has 16 heavy (non-hydrogen) atoms. The highest BCUT2D eigenvalue weighted by Crippen LogP contribution is 1.94. The van der Waals surface area contributed by atoms with Gasteiger partial charge in [-0.15, -0.1) is 0 Å². The lowest BCUT2D eigenvalue weighted by Crippen LogP contribution is -2.42. The van der Waals surface area contributed by atoms with Crippen LogP contribution in [-0.4, -0.2) is 42.5 Å². The Kier molecular flexibility index (Phi) is 6.86. The van der Waals surface area contributed by atoms with Crippen LogP contribution in [0.15, 0.2) is 0 Å². The molecule has 0 aromatic rings. The van der Waals surface area contributed by atoms with Gasteiger partial charge < -0.3 is 21.5 Å². The molecule has 0 aromatic carbocycles. The van der Waals surface area contributed by atoms with E-state index in [1.54, 1.807) is 0 Å². The average Bonchev–Trinajstić information content (AvgIpc) is 2.25. The fourth-order valence-corrected chi connectivity index (χ4v) is 0.965. The molecule has 7 heteroatoms. The van der Waals surface area contributed by atoms with Crippen LogP contribution in [0.4, 0.5) is 0 Å². The summed E-state index contributed by atoms with van der Waals surface area (Å²) >= 11 is 0. The molecule has 0 saturated carbocycles. The van der Waals surface area contributed by atoms with Gasteiger partial charge >= 0.3 is 5.97 Å². The SMILES string of the molecule is CNC(=O)CCNC(=O)C(N)CCC(=O)O. The summed E-state index contributed by atoms with van der Waals surface area (Å²) in [5, 5.41) is 13.2. The highest BCUT2D eigenvalue weighted by Gasteiger charge is 2.14. The molecular weight excluding hydrogens is 214 g/mol. The zero-order valence-electron chi connectivity index (χ0n) is 9.16. The van der Waals surface area contributed by atoms with E-state index in [0.717, 1.165) is 0 Å². The molecule has 0 heterocycles. The van der Waals surface area contributed by atoms with Crippen molar-refractivity contribution in [1.82, 2.24) is 10.6 Å². The molecule has 92 valence electrons. The van der Waals surface area contributed by atoms with Gasteiger partial charge in [0.05, 0.1) is 6.04 Å². The molecule has 0 spiro atoms. The first kappa shape index (κ1) is 14.4. The third-order valence-electron chi connectivity index (χ3n) is 1.94. The van der Waals surface area contributed by atoms with Crippen LogP contribution in [0.5, 0.6) is 0 Å². The molecule has 0 saturated heterocycles. The van der Waals surface area contributed by atoms with Crippen LogP contribution in [0.2, 0.25) is 0 Å². The fraction of sp³-hybridized carbons (Fsp3) is 0.667. The maximum Gasteiger partial charge on any atom is 0.303 e. The van der Waals surface area contributed by atoms with E-state index in [9.17, 15) is 14.4 Å². The monoisotopic (exact) mass is 231 g/mol. The Bertz CT molecular complexity index is 267. The van der Waals surface area contributed by atoms with Crippen molar-refractivity contribution in [3.8, 4) is 0 Å². The van der Waals surface area contributed by atoms with Crippen molar-refractivity contribution < 1.29 is 19.5 Å². The molecule has 5 N–H and O–H groups in total.